The second-order valence-corrected chi connectivity index (χ2v) is 1.22. The lowest BCUT2D eigenvalue weighted by molar-refractivity contribution is -0.197. The van der Waals surface area contributed by atoms with Gasteiger partial charge in [0.15, 0.2) is 0 Å². The molecule has 0 aromatic carbocycles. The van der Waals surface area contributed by atoms with E-state index in [4.69, 9.17) is 5.11 Å². The maximum Gasteiger partial charge on any atom is 0.414 e. The Labute approximate surface area is 50.9 Å². The predicted octanol–water partition coefficient (Wildman–Crippen LogP) is 1.35. The van der Waals surface area contributed by atoms with Crippen molar-refractivity contribution < 1.29 is 18.3 Å². The largest absolute Gasteiger partial charge is 0.414 e. The Kier molecular flexibility index (Phi) is 4.29. The van der Waals surface area contributed by atoms with E-state index in [0.29, 0.717) is 6.92 Å². The van der Waals surface area contributed by atoms with Crippen molar-refractivity contribution in [1.29, 1.82) is 0 Å². The first-order chi connectivity index (χ1) is 2.94. The number of rotatable bonds is 0. The zero-order chi connectivity index (χ0) is 6.08. The van der Waals surface area contributed by atoms with Gasteiger partial charge in [0, 0.05) is 0 Å². The topological polar surface area (TPSA) is 20.2 Å². The molecule has 0 radical (unpaired) electrons. The fourth-order valence-electron chi connectivity index (χ4n) is 0. The molecule has 1 atom stereocenters. The molecule has 0 aromatic rings. The summed E-state index contributed by atoms with van der Waals surface area (Å²) in [6.07, 6.45) is -6.65. The first kappa shape index (κ1) is 10.9. The third kappa shape index (κ3) is 4.21. The lowest BCUT2D eigenvalue weighted by Gasteiger charge is -2.06. The summed E-state index contributed by atoms with van der Waals surface area (Å²) < 4.78 is 32.8. The molecule has 0 amide bonds. The number of hydrogen-bond acceptors (Lipinski definition) is 1. The Balaban J connectivity index is 0. The van der Waals surface area contributed by atoms with Gasteiger partial charge in [0.1, 0.15) is 6.10 Å². The Morgan fingerprint density at radius 1 is 1.38 bits per heavy atom. The second-order valence-electron chi connectivity index (χ2n) is 1.22. The third-order valence-electron chi connectivity index (χ3n) is 0.474. The van der Waals surface area contributed by atoms with Gasteiger partial charge in [-0.3, -0.25) is 0 Å². The predicted molar refractivity (Wildman–Crippen MR) is 25.0 cm³/mol. The summed E-state index contributed by atoms with van der Waals surface area (Å²) in [4.78, 5) is 0. The molecule has 0 bridgehead atoms. The van der Waals surface area contributed by atoms with Crippen LogP contribution < -0.4 is 0 Å². The van der Waals surface area contributed by atoms with Crippen LogP contribution in [0.25, 0.3) is 0 Å². The zero-order valence-corrected chi connectivity index (χ0v) is 4.88. The van der Waals surface area contributed by atoms with E-state index in [1.54, 1.807) is 0 Å². The quantitative estimate of drug-likeness (QED) is 0.553. The number of hydrogen-bond donors (Lipinski definition) is 1. The zero-order valence-electron chi connectivity index (χ0n) is 4.07. The van der Waals surface area contributed by atoms with Gasteiger partial charge in [-0.1, -0.05) is 0 Å². The van der Waals surface area contributed by atoms with Gasteiger partial charge in [-0.05, 0) is 6.92 Å². The molecule has 0 aliphatic rings. The first-order valence-electron chi connectivity index (χ1n) is 1.69. The van der Waals surface area contributed by atoms with Gasteiger partial charge in [0.2, 0.25) is 0 Å². The smallest absolute Gasteiger partial charge is 0.384 e. The van der Waals surface area contributed by atoms with Crippen molar-refractivity contribution in [3.8, 4) is 0 Å². The van der Waals surface area contributed by atoms with Crippen LogP contribution in [0.1, 0.15) is 6.92 Å². The standard InChI is InChI=1S/C3H5F3O.ClH/c1-2(7)3(4,5)6;/h2,7H,1H3;1H/t2-;/m0./s1. The molecule has 1 nitrogen and oxygen atoms in total. The molecule has 1 N–H and O–H groups in total. The minimum Gasteiger partial charge on any atom is -0.384 e. The van der Waals surface area contributed by atoms with Crippen molar-refractivity contribution >= 4 is 12.4 Å². The normalized spacial score (nSPS) is 14.6. The summed E-state index contributed by atoms with van der Waals surface area (Å²) in [7, 11) is 0. The maximum absolute atomic E-state index is 10.9. The van der Waals surface area contributed by atoms with E-state index in [1.807, 2.05) is 0 Å². The summed E-state index contributed by atoms with van der Waals surface area (Å²) in [6.45, 7) is 0.681. The lowest BCUT2D eigenvalue weighted by Crippen LogP contribution is -2.24. The fraction of sp³-hybridized carbons (Fsp3) is 1.00. The van der Waals surface area contributed by atoms with Gasteiger partial charge in [-0.25, -0.2) is 0 Å². The lowest BCUT2D eigenvalue weighted by atomic mass is 10.4. The first-order valence-corrected chi connectivity index (χ1v) is 1.69. The second kappa shape index (κ2) is 3.14. The van der Waals surface area contributed by atoms with Crippen molar-refractivity contribution in [2.45, 2.75) is 19.2 Å². The highest BCUT2D eigenvalue weighted by atomic mass is 35.5. The van der Waals surface area contributed by atoms with Gasteiger partial charge in [-0.15, -0.1) is 12.4 Å². The van der Waals surface area contributed by atoms with Crippen LogP contribution in [0.3, 0.4) is 0 Å². The molecule has 0 unspecified atom stereocenters. The summed E-state index contributed by atoms with van der Waals surface area (Å²) in [5.74, 6) is 0. The molecule has 5 heteroatoms. The molecular weight excluding hydrogens is 144 g/mol. The molecule has 0 fully saturated rings. The van der Waals surface area contributed by atoms with Crippen molar-refractivity contribution in [1.82, 2.24) is 0 Å². The van der Waals surface area contributed by atoms with Crippen molar-refractivity contribution in [2.24, 2.45) is 0 Å². The maximum atomic E-state index is 10.9. The molecule has 8 heavy (non-hydrogen) atoms. The average Bonchev–Trinajstić information content (AvgIpc) is 1.31. The van der Waals surface area contributed by atoms with Crippen molar-refractivity contribution in [3.05, 3.63) is 0 Å². The minimum absolute atomic E-state index is 0. The third-order valence-corrected chi connectivity index (χ3v) is 0.474. The highest BCUT2D eigenvalue weighted by molar-refractivity contribution is 5.85. The van der Waals surface area contributed by atoms with Crippen molar-refractivity contribution in [3.63, 3.8) is 0 Å². The van der Waals surface area contributed by atoms with Crippen LogP contribution in [-0.2, 0) is 0 Å². The van der Waals surface area contributed by atoms with E-state index >= 15 is 0 Å². The molecule has 0 rings (SSSR count). The summed E-state index contributed by atoms with van der Waals surface area (Å²) >= 11 is 0. The molecule has 52 valence electrons. The van der Waals surface area contributed by atoms with Crippen LogP contribution in [0.4, 0.5) is 13.2 Å². The number of halogens is 4. The molecule has 0 heterocycles. The summed E-state index contributed by atoms with van der Waals surface area (Å²) in [5, 5.41) is 7.76. The molecule has 0 aliphatic carbocycles. The molecule has 0 aliphatic heterocycles. The Bertz CT molecular complexity index is 60.0. The van der Waals surface area contributed by atoms with Crippen LogP contribution in [0.5, 0.6) is 0 Å². The number of alkyl halides is 3. The van der Waals surface area contributed by atoms with Crippen LogP contribution in [0.2, 0.25) is 0 Å². The molecular formula is C3H6ClF3O. The van der Waals surface area contributed by atoms with Gasteiger partial charge < -0.3 is 5.11 Å². The summed E-state index contributed by atoms with van der Waals surface area (Å²) in [5.41, 5.74) is 0. The Hall–Kier alpha value is 0.0400. The Morgan fingerprint density at radius 2 is 1.50 bits per heavy atom. The molecule has 0 spiro atoms. The molecule has 0 saturated carbocycles. The highest BCUT2D eigenvalue weighted by Crippen LogP contribution is 2.18. The molecule has 0 saturated heterocycles. The minimum atomic E-state index is -4.44. The van der Waals surface area contributed by atoms with E-state index in [9.17, 15) is 13.2 Å². The van der Waals surface area contributed by atoms with Gasteiger partial charge >= 0.3 is 6.18 Å². The monoisotopic (exact) mass is 150 g/mol. The number of aliphatic hydroxyl groups excluding tert-OH is 1. The van der Waals surface area contributed by atoms with Gasteiger partial charge in [0.05, 0.1) is 0 Å². The Morgan fingerprint density at radius 3 is 1.50 bits per heavy atom. The van der Waals surface area contributed by atoms with Crippen LogP contribution in [0, 0.1) is 0 Å². The molecule has 0 aromatic heterocycles. The highest BCUT2D eigenvalue weighted by Gasteiger charge is 2.33. The number of aliphatic hydroxyl groups is 1. The van der Waals surface area contributed by atoms with E-state index in [2.05, 4.69) is 0 Å². The average molecular weight is 151 g/mol. The SMILES string of the molecule is C[C@H](O)C(F)(F)F.Cl. The van der Waals surface area contributed by atoms with E-state index in [0.717, 1.165) is 0 Å². The van der Waals surface area contributed by atoms with Gasteiger partial charge in [-0.2, -0.15) is 13.2 Å². The van der Waals surface area contributed by atoms with E-state index < -0.39 is 12.3 Å². The van der Waals surface area contributed by atoms with Crippen LogP contribution >= 0.6 is 12.4 Å². The van der Waals surface area contributed by atoms with Crippen LogP contribution in [-0.4, -0.2) is 17.4 Å². The van der Waals surface area contributed by atoms with E-state index in [-0.39, 0.29) is 12.4 Å². The van der Waals surface area contributed by atoms with E-state index in [1.165, 1.54) is 0 Å². The summed E-state index contributed by atoms with van der Waals surface area (Å²) in [6, 6.07) is 0. The van der Waals surface area contributed by atoms with Gasteiger partial charge in [0.25, 0.3) is 0 Å². The van der Waals surface area contributed by atoms with Crippen molar-refractivity contribution in [2.75, 3.05) is 0 Å². The fourth-order valence-corrected chi connectivity index (χ4v) is 0. The van der Waals surface area contributed by atoms with Crippen LogP contribution in [0.15, 0.2) is 0 Å².